The number of alkyl halides is 3. The Hall–Kier alpha value is -2.98. The molecule has 0 bridgehead atoms. The number of benzene rings is 1. The molecule has 160 valence electrons. The molecular formula is C20H21F3N4O3. The molecule has 30 heavy (non-hydrogen) atoms. The van der Waals surface area contributed by atoms with Gasteiger partial charge in [0.15, 0.2) is 0 Å². The number of ether oxygens (including phenoxy) is 1. The fraction of sp³-hybridized carbons (Fsp3) is 0.350. The van der Waals surface area contributed by atoms with Crippen molar-refractivity contribution in [2.45, 2.75) is 32.2 Å². The van der Waals surface area contributed by atoms with Gasteiger partial charge in [0.1, 0.15) is 11.4 Å². The Kier molecular flexibility index (Phi) is 5.82. The molecule has 3 aromatic rings. The number of carbonyl (C=O) groups is 1. The number of rotatable bonds is 6. The van der Waals surface area contributed by atoms with Crippen molar-refractivity contribution in [3.05, 3.63) is 53.5 Å². The van der Waals surface area contributed by atoms with E-state index in [1.54, 1.807) is 30.1 Å². The number of methoxy groups -OCH3 is 1. The summed E-state index contributed by atoms with van der Waals surface area (Å²) in [5, 5.41) is 18.2. The Morgan fingerprint density at radius 2 is 2.00 bits per heavy atom. The predicted molar refractivity (Wildman–Crippen MR) is 104 cm³/mol. The van der Waals surface area contributed by atoms with Crippen molar-refractivity contribution >= 4 is 22.5 Å². The number of anilines is 1. The van der Waals surface area contributed by atoms with Gasteiger partial charge < -0.3 is 15.2 Å². The fourth-order valence-corrected chi connectivity index (χ4v) is 2.94. The summed E-state index contributed by atoms with van der Waals surface area (Å²) in [5.41, 5.74) is -1.67. The number of fused-ring (bicyclic) bond motifs is 1. The summed E-state index contributed by atoms with van der Waals surface area (Å²) < 4.78 is 45.4. The average molecular weight is 422 g/mol. The predicted octanol–water partition coefficient (Wildman–Crippen LogP) is 3.58. The van der Waals surface area contributed by atoms with Gasteiger partial charge in [0, 0.05) is 29.9 Å². The summed E-state index contributed by atoms with van der Waals surface area (Å²) >= 11 is 0. The first-order chi connectivity index (χ1) is 14.0. The van der Waals surface area contributed by atoms with Crippen molar-refractivity contribution in [2.24, 2.45) is 0 Å². The van der Waals surface area contributed by atoms with Gasteiger partial charge in [-0.1, -0.05) is 6.07 Å². The minimum absolute atomic E-state index is 0.255. The lowest BCUT2D eigenvalue weighted by atomic mass is 9.95. The molecule has 0 aliphatic carbocycles. The highest BCUT2D eigenvalue weighted by atomic mass is 19.4. The quantitative estimate of drug-likeness (QED) is 0.634. The zero-order valence-electron chi connectivity index (χ0n) is 16.6. The summed E-state index contributed by atoms with van der Waals surface area (Å²) in [5.74, 6) is -0.822. The van der Waals surface area contributed by atoms with Crippen LogP contribution in [0.5, 0.6) is 0 Å². The minimum atomic E-state index is -4.66. The Bertz CT molecular complexity index is 1070. The Morgan fingerprint density at radius 3 is 2.63 bits per heavy atom. The van der Waals surface area contributed by atoms with Gasteiger partial charge in [0.05, 0.1) is 24.3 Å². The molecule has 1 amide bonds. The molecule has 0 fully saturated rings. The van der Waals surface area contributed by atoms with Crippen molar-refractivity contribution < 1.29 is 27.8 Å². The first kappa shape index (κ1) is 21.7. The van der Waals surface area contributed by atoms with Crippen molar-refractivity contribution in [2.75, 3.05) is 19.0 Å². The lowest BCUT2D eigenvalue weighted by molar-refractivity contribution is -0.141. The fourth-order valence-electron chi connectivity index (χ4n) is 2.94. The largest absolute Gasteiger partial charge is 0.433 e. The van der Waals surface area contributed by atoms with Crippen molar-refractivity contribution in [1.82, 2.24) is 14.8 Å². The van der Waals surface area contributed by atoms with Gasteiger partial charge >= 0.3 is 6.18 Å². The van der Waals surface area contributed by atoms with Crippen molar-refractivity contribution in [3.8, 4) is 0 Å². The van der Waals surface area contributed by atoms with Crippen LogP contribution in [0.3, 0.4) is 0 Å². The van der Waals surface area contributed by atoms with Crippen LogP contribution in [0.2, 0.25) is 0 Å². The molecule has 0 radical (unpaired) electrons. The number of aromatic nitrogens is 3. The molecular weight excluding hydrogens is 401 g/mol. The number of hydrogen-bond acceptors (Lipinski definition) is 5. The normalized spacial score (nSPS) is 12.4. The smallest absolute Gasteiger partial charge is 0.386 e. The number of halogens is 3. The monoisotopic (exact) mass is 422 g/mol. The Balaban J connectivity index is 1.98. The maximum Gasteiger partial charge on any atom is 0.433 e. The van der Waals surface area contributed by atoms with E-state index in [2.05, 4.69) is 15.4 Å². The maximum absolute atomic E-state index is 12.9. The van der Waals surface area contributed by atoms with Gasteiger partial charge in [-0.05, 0) is 38.1 Å². The van der Waals surface area contributed by atoms with Gasteiger partial charge in [0.2, 0.25) is 0 Å². The number of nitrogens with zero attached hydrogens (tertiary/aromatic N) is 3. The molecule has 0 saturated heterocycles. The Morgan fingerprint density at radius 1 is 1.27 bits per heavy atom. The molecule has 3 rings (SSSR count). The SMILES string of the molecule is COCCn1cc2cc(NC(=O)c3cccc(C(F)(F)F)n3)c(C(C)(C)O)cc2n1. The standard InChI is InChI=1S/C20H21F3N4O3/c1-19(2,29)13-10-15-12(11-27(26-15)7-8-30-3)9-16(13)25-18(28)14-5-4-6-17(24-14)20(21,22)23/h4-6,9-11,29H,7-8H2,1-3H3,(H,25,28). The van der Waals surface area contributed by atoms with Gasteiger partial charge in [-0.15, -0.1) is 0 Å². The number of aliphatic hydroxyl groups is 1. The highest BCUT2D eigenvalue weighted by Crippen LogP contribution is 2.32. The molecule has 2 aromatic heterocycles. The molecule has 0 saturated carbocycles. The van der Waals surface area contributed by atoms with E-state index in [0.717, 1.165) is 12.1 Å². The minimum Gasteiger partial charge on any atom is -0.386 e. The second-order valence-corrected chi connectivity index (χ2v) is 7.26. The van der Waals surface area contributed by atoms with Crippen LogP contribution in [0.15, 0.2) is 36.5 Å². The molecule has 10 heteroatoms. The zero-order valence-corrected chi connectivity index (χ0v) is 16.6. The lowest BCUT2D eigenvalue weighted by Crippen LogP contribution is -2.22. The zero-order chi connectivity index (χ0) is 22.1. The van der Waals surface area contributed by atoms with E-state index in [4.69, 9.17) is 4.74 Å². The van der Waals surface area contributed by atoms with E-state index >= 15 is 0 Å². The second kappa shape index (κ2) is 8.04. The van der Waals surface area contributed by atoms with Crippen LogP contribution in [0.4, 0.5) is 18.9 Å². The van der Waals surface area contributed by atoms with E-state index in [-0.39, 0.29) is 11.4 Å². The van der Waals surface area contributed by atoms with E-state index < -0.39 is 23.4 Å². The van der Waals surface area contributed by atoms with Crippen LogP contribution in [0.25, 0.3) is 10.9 Å². The highest BCUT2D eigenvalue weighted by molar-refractivity contribution is 6.04. The third-order valence-electron chi connectivity index (χ3n) is 4.40. The van der Waals surface area contributed by atoms with Crippen LogP contribution in [0, 0.1) is 0 Å². The molecule has 0 aliphatic rings. The van der Waals surface area contributed by atoms with Gasteiger partial charge in [-0.2, -0.15) is 18.3 Å². The lowest BCUT2D eigenvalue weighted by Gasteiger charge is -2.22. The number of carbonyl (C=O) groups excluding carboxylic acids is 1. The highest BCUT2D eigenvalue weighted by Gasteiger charge is 2.33. The third kappa shape index (κ3) is 4.77. The van der Waals surface area contributed by atoms with Gasteiger partial charge in [-0.25, -0.2) is 4.98 Å². The number of hydrogen-bond donors (Lipinski definition) is 2. The topological polar surface area (TPSA) is 89.3 Å². The molecule has 0 unspecified atom stereocenters. The Labute approximate surface area is 170 Å². The summed E-state index contributed by atoms with van der Waals surface area (Å²) in [7, 11) is 1.57. The second-order valence-electron chi connectivity index (χ2n) is 7.26. The van der Waals surface area contributed by atoms with E-state index in [0.29, 0.717) is 29.6 Å². The van der Waals surface area contributed by atoms with Crippen LogP contribution < -0.4 is 5.32 Å². The van der Waals surface area contributed by atoms with Crippen LogP contribution in [-0.4, -0.2) is 39.5 Å². The van der Waals surface area contributed by atoms with Gasteiger partial charge in [0.25, 0.3) is 5.91 Å². The summed E-state index contributed by atoms with van der Waals surface area (Å²) in [4.78, 5) is 16.0. The molecule has 2 heterocycles. The van der Waals surface area contributed by atoms with E-state index in [9.17, 15) is 23.1 Å². The van der Waals surface area contributed by atoms with Crippen molar-refractivity contribution in [1.29, 1.82) is 0 Å². The van der Waals surface area contributed by atoms with Crippen LogP contribution in [0.1, 0.15) is 35.6 Å². The number of pyridine rings is 1. The summed E-state index contributed by atoms with van der Waals surface area (Å²) in [6, 6.07) is 6.35. The summed E-state index contributed by atoms with van der Waals surface area (Å²) in [6.07, 6.45) is -2.91. The number of nitrogens with one attached hydrogen (secondary N) is 1. The summed E-state index contributed by atoms with van der Waals surface area (Å²) in [6.45, 7) is 4.04. The molecule has 0 spiro atoms. The van der Waals surface area contributed by atoms with Crippen LogP contribution >= 0.6 is 0 Å². The third-order valence-corrected chi connectivity index (χ3v) is 4.40. The number of amides is 1. The molecule has 0 atom stereocenters. The first-order valence-corrected chi connectivity index (χ1v) is 9.07. The van der Waals surface area contributed by atoms with Gasteiger partial charge in [-0.3, -0.25) is 9.48 Å². The molecule has 0 aliphatic heterocycles. The maximum atomic E-state index is 12.9. The molecule has 2 N–H and O–H groups in total. The average Bonchev–Trinajstić information content (AvgIpc) is 3.06. The molecule has 7 nitrogen and oxygen atoms in total. The van der Waals surface area contributed by atoms with Crippen LogP contribution in [-0.2, 0) is 23.1 Å². The van der Waals surface area contributed by atoms with E-state index in [1.807, 2.05) is 0 Å². The first-order valence-electron chi connectivity index (χ1n) is 9.07. The molecule has 1 aromatic carbocycles. The van der Waals surface area contributed by atoms with Crippen molar-refractivity contribution in [3.63, 3.8) is 0 Å². The van der Waals surface area contributed by atoms with E-state index in [1.165, 1.54) is 19.9 Å².